The lowest BCUT2D eigenvalue weighted by molar-refractivity contribution is -0.123. The van der Waals surface area contributed by atoms with E-state index in [1.165, 1.54) is 0 Å². The Balaban J connectivity index is 0.00000484. The van der Waals surface area contributed by atoms with Gasteiger partial charge in [0.15, 0.2) is 5.96 Å². The van der Waals surface area contributed by atoms with Gasteiger partial charge in [-0.25, -0.2) is 0 Å². The molecule has 0 aromatic rings. The normalized spacial score (nSPS) is 18.1. The highest BCUT2D eigenvalue weighted by Crippen LogP contribution is 2.16. The topological polar surface area (TPSA) is 82.8 Å². The lowest BCUT2D eigenvalue weighted by atomic mass is 9.96. The molecule has 1 rings (SSSR count). The van der Waals surface area contributed by atoms with Gasteiger partial charge in [0.05, 0.1) is 0 Å². The van der Waals surface area contributed by atoms with Crippen LogP contribution >= 0.6 is 24.0 Å². The van der Waals surface area contributed by atoms with Crippen molar-refractivity contribution in [1.82, 2.24) is 15.5 Å². The zero-order valence-electron chi connectivity index (χ0n) is 14.8. The van der Waals surface area contributed by atoms with Crippen LogP contribution in [0.15, 0.2) is 4.99 Å². The van der Waals surface area contributed by atoms with Crippen molar-refractivity contribution in [3.63, 3.8) is 0 Å². The number of piperidine rings is 1. The standard InChI is InChI=1S/C16H33N5O.HI/c1-4-13(2)20-16(18-3)19-9-5-6-10-21-11-7-14(8-12-21)15(17)22;/h13-14H,4-12H2,1-3H3,(H2,17,22)(H2,18,19,20);1H. The van der Waals surface area contributed by atoms with Crippen LogP contribution in [0.1, 0.15) is 46.0 Å². The Morgan fingerprint density at radius 2 is 2.00 bits per heavy atom. The summed E-state index contributed by atoms with van der Waals surface area (Å²) in [6, 6.07) is 0.442. The maximum atomic E-state index is 11.1. The number of unbranched alkanes of at least 4 members (excludes halogenated alkanes) is 1. The molecule has 1 unspecified atom stereocenters. The summed E-state index contributed by atoms with van der Waals surface area (Å²) in [6.07, 6.45) is 5.20. The molecule has 1 fully saturated rings. The number of primary amides is 1. The molecule has 0 saturated carbocycles. The fourth-order valence-electron chi connectivity index (χ4n) is 2.64. The summed E-state index contributed by atoms with van der Waals surface area (Å²) < 4.78 is 0. The molecule has 0 spiro atoms. The molecule has 0 aliphatic carbocycles. The first-order valence-electron chi connectivity index (χ1n) is 8.55. The zero-order chi connectivity index (χ0) is 16.4. The molecule has 1 atom stereocenters. The van der Waals surface area contributed by atoms with Gasteiger partial charge in [-0.2, -0.15) is 0 Å². The van der Waals surface area contributed by atoms with Gasteiger partial charge in [0, 0.05) is 25.6 Å². The molecule has 1 amide bonds. The van der Waals surface area contributed by atoms with Gasteiger partial charge in [0.2, 0.25) is 5.91 Å². The molecule has 6 nitrogen and oxygen atoms in total. The molecule has 1 saturated heterocycles. The molecule has 0 bridgehead atoms. The molecule has 1 aliphatic heterocycles. The largest absolute Gasteiger partial charge is 0.369 e. The zero-order valence-corrected chi connectivity index (χ0v) is 17.1. The second-order valence-electron chi connectivity index (χ2n) is 6.18. The number of carbonyl (C=O) groups excluding carboxylic acids is 1. The van der Waals surface area contributed by atoms with E-state index in [9.17, 15) is 4.79 Å². The summed E-state index contributed by atoms with van der Waals surface area (Å²) >= 11 is 0. The van der Waals surface area contributed by atoms with Crippen molar-refractivity contribution >= 4 is 35.8 Å². The summed E-state index contributed by atoms with van der Waals surface area (Å²) in [6.45, 7) is 8.35. The van der Waals surface area contributed by atoms with Crippen LogP contribution in [0.4, 0.5) is 0 Å². The maximum Gasteiger partial charge on any atom is 0.220 e. The lowest BCUT2D eigenvalue weighted by Crippen LogP contribution is -2.42. The Kier molecular flexibility index (Phi) is 12.5. The Bertz CT molecular complexity index is 356. The minimum Gasteiger partial charge on any atom is -0.369 e. The van der Waals surface area contributed by atoms with E-state index in [-0.39, 0.29) is 35.8 Å². The van der Waals surface area contributed by atoms with E-state index in [1.807, 2.05) is 0 Å². The van der Waals surface area contributed by atoms with Crippen LogP contribution in [0.25, 0.3) is 0 Å². The quantitative estimate of drug-likeness (QED) is 0.232. The Labute approximate surface area is 158 Å². The SMILES string of the molecule is CCC(C)NC(=NC)NCCCCN1CCC(C(N)=O)CC1.I. The minimum absolute atomic E-state index is 0. The first-order valence-corrected chi connectivity index (χ1v) is 8.55. The average Bonchev–Trinajstić information content (AvgIpc) is 2.53. The molecule has 0 aromatic carbocycles. The number of nitrogens with two attached hydrogens (primary N) is 1. The second-order valence-corrected chi connectivity index (χ2v) is 6.18. The number of hydrogen-bond acceptors (Lipinski definition) is 3. The number of halogens is 1. The third kappa shape index (κ3) is 9.34. The summed E-state index contributed by atoms with van der Waals surface area (Å²) in [5.41, 5.74) is 5.36. The molecule has 1 aliphatic rings. The Hall–Kier alpha value is -0.570. The van der Waals surface area contributed by atoms with Crippen LogP contribution in [-0.4, -0.2) is 56.0 Å². The van der Waals surface area contributed by atoms with Crippen molar-refractivity contribution in [3.8, 4) is 0 Å². The summed E-state index contributed by atoms with van der Waals surface area (Å²) in [5, 5.41) is 6.71. The molecule has 23 heavy (non-hydrogen) atoms. The van der Waals surface area contributed by atoms with Crippen LogP contribution in [-0.2, 0) is 4.79 Å². The summed E-state index contributed by atoms with van der Waals surface area (Å²) in [7, 11) is 1.81. The van der Waals surface area contributed by atoms with Gasteiger partial charge < -0.3 is 21.3 Å². The molecule has 4 N–H and O–H groups in total. The number of guanidine groups is 1. The predicted molar refractivity (Wildman–Crippen MR) is 107 cm³/mol. The van der Waals surface area contributed by atoms with Crippen LogP contribution in [0.2, 0.25) is 0 Å². The Morgan fingerprint density at radius 1 is 1.35 bits per heavy atom. The van der Waals surface area contributed by atoms with Crippen LogP contribution < -0.4 is 16.4 Å². The average molecular weight is 439 g/mol. The van der Waals surface area contributed by atoms with Gasteiger partial charge >= 0.3 is 0 Å². The number of likely N-dealkylation sites (tertiary alicyclic amines) is 1. The van der Waals surface area contributed by atoms with Crippen LogP contribution in [0.5, 0.6) is 0 Å². The fraction of sp³-hybridized carbons (Fsp3) is 0.875. The second kappa shape index (κ2) is 12.8. The van der Waals surface area contributed by atoms with E-state index in [1.54, 1.807) is 7.05 Å². The maximum absolute atomic E-state index is 11.1. The molecular formula is C16H34IN5O. The molecule has 1 heterocycles. The Morgan fingerprint density at radius 3 is 2.52 bits per heavy atom. The van der Waals surface area contributed by atoms with E-state index in [0.717, 1.165) is 64.2 Å². The number of nitrogens with zero attached hydrogens (tertiary/aromatic N) is 2. The van der Waals surface area contributed by atoms with Gasteiger partial charge in [-0.15, -0.1) is 24.0 Å². The van der Waals surface area contributed by atoms with Gasteiger partial charge in [0.1, 0.15) is 0 Å². The van der Waals surface area contributed by atoms with E-state index in [2.05, 4.69) is 34.4 Å². The van der Waals surface area contributed by atoms with Crippen molar-refractivity contribution in [2.45, 2.75) is 52.0 Å². The van der Waals surface area contributed by atoms with Crippen LogP contribution in [0.3, 0.4) is 0 Å². The molecule has 7 heteroatoms. The van der Waals surface area contributed by atoms with Gasteiger partial charge in [-0.3, -0.25) is 9.79 Å². The van der Waals surface area contributed by atoms with Gasteiger partial charge in [-0.05, 0) is 58.7 Å². The molecular weight excluding hydrogens is 405 g/mol. The number of carbonyl (C=O) groups is 1. The van der Waals surface area contributed by atoms with E-state index in [4.69, 9.17) is 5.73 Å². The van der Waals surface area contributed by atoms with E-state index < -0.39 is 0 Å². The van der Waals surface area contributed by atoms with Crippen molar-refractivity contribution in [3.05, 3.63) is 0 Å². The van der Waals surface area contributed by atoms with Crippen molar-refractivity contribution in [2.75, 3.05) is 33.2 Å². The number of hydrogen-bond donors (Lipinski definition) is 3. The smallest absolute Gasteiger partial charge is 0.220 e. The van der Waals surface area contributed by atoms with Crippen LogP contribution in [0, 0.1) is 5.92 Å². The third-order valence-electron chi connectivity index (χ3n) is 4.40. The molecule has 136 valence electrons. The predicted octanol–water partition coefficient (Wildman–Crippen LogP) is 1.55. The molecule has 0 aromatic heterocycles. The highest BCUT2D eigenvalue weighted by Gasteiger charge is 2.22. The van der Waals surface area contributed by atoms with Crippen molar-refractivity contribution in [2.24, 2.45) is 16.6 Å². The number of aliphatic imine (C=N–C) groups is 1. The highest BCUT2D eigenvalue weighted by atomic mass is 127. The first kappa shape index (κ1) is 22.4. The number of amides is 1. The van der Waals surface area contributed by atoms with E-state index >= 15 is 0 Å². The van der Waals surface area contributed by atoms with Crippen molar-refractivity contribution in [1.29, 1.82) is 0 Å². The number of rotatable bonds is 8. The molecule has 0 radical (unpaired) electrons. The van der Waals surface area contributed by atoms with Gasteiger partial charge in [0.25, 0.3) is 0 Å². The first-order chi connectivity index (χ1) is 10.6. The monoisotopic (exact) mass is 439 g/mol. The van der Waals surface area contributed by atoms with Gasteiger partial charge in [-0.1, -0.05) is 6.92 Å². The minimum atomic E-state index is -0.135. The fourth-order valence-corrected chi connectivity index (χ4v) is 2.64. The summed E-state index contributed by atoms with van der Waals surface area (Å²) in [4.78, 5) is 17.8. The van der Waals surface area contributed by atoms with E-state index in [0.29, 0.717) is 6.04 Å². The lowest BCUT2D eigenvalue weighted by Gasteiger charge is -2.30. The highest BCUT2D eigenvalue weighted by molar-refractivity contribution is 14.0. The third-order valence-corrected chi connectivity index (χ3v) is 4.40. The van der Waals surface area contributed by atoms with Crippen molar-refractivity contribution < 1.29 is 4.79 Å². The number of nitrogens with one attached hydrogen (secondary N) is 2. The summed E-state index contributed by atoms with van der Waals surface area (Å²) in [5.74, 6) is 0.841.